The van der Waals surface area contributed by atoms with Crippen LogP contribution in [0.2, 0.25) is 0 Å². The smallest absolute Gasteiger partial charge is 0.247 e. The predicted molar refractivity (Wildman–Crippen MR) is 78.4 cm³/mol. The number of sulfonamides is 1. The standard InChI is InChI=1S/C13H19N3O4S/c1-15-6-3-7-16(9-13(15)17)21(18,19)12-8-10(14)4-5-11(12)20-2/h4-5,8H,3,6-7,9,14H2,1-2H3. The van der Waals surface area contributed by atoms with E-state index >= 15 is 0 Å². The molecular formula is C13H19N3O4S. The van der Waals surface area contributed by atoms with E-state index in [9.17, 15) is 13.2 Å². The number of ether oxygens (including phenoxy) is 1. The van der Waals surface area contributed by atoms with Crippen molar-refractivity contribution in [2.45, 2.75) is 11.3 Å². The average molecular weight is 313 g/mol. The molecular weight excluding hydrogens is 294 g/mol. The molecule has 0 spiro atoms. The summed E-state index contributed by atoms with van der Waals surface area (Å²) in [5.41, 5.74) is 6.00. The van der Waals surface area contributed by atoms with E-state index in [-0.39, 0.29) is 29.6 Å². The minimum absolute atomic E-state index is 0.0117. The number of amides is 1. The van der Waals surface area contributed by atoms with Crippen molar-refractivity contribution in [3.8, 4) is 5.75 Å². The highest BCUT2D eigenvalue weighted by molar-refractivity contribution is 7.89. The van der Waals surface area contributed by atoms with Crippen molar-refractivity contribution < 1.29 is 17.9 Å². The van der Waals surface area contributed by atoms with Crippen molar-refractivity contribution in [3.63, 3.8) is 0 Å². The van der Waals surface area contributed by atoms with Crippen LogP contribution in [0.15, 0.2) is 23.1 Å². The van der Waals surface area contributed by atoms with Crippen LogP contribution in [-0.2, 0) is 14.8 Å². The molecule has 21 heavy (non-hydrogen) atoms. The lowest BCUT2D eigenvalue weighted by Crippen LogP contribution is -2.38. The molecule has 1 saturated heterocycles. The second-order valence-electron chi connectivity index (χ2n) is 4.92. The van der Waals surface area contributed by atoms with Crippen molar-refractivity contribution in [2.24, 2.45) is 0 Å². The van der Waals surface area contributed by atoms with Crippen LogP contribution in [0, 0.1) is 0 Å². The van der Waals surface area contributed by atoms with Crippen LogP contribution in [-0.4, -0.2) is 57.3 Å². The topological polar surface area (TPSA) is 92.9 Å². The van der Waals surface area contributed by atoms with E-state index in [0.717, 1.165) is 0 Å². The summed E-state index contributed by atoms with van der Waals surface area (Å²) in [7, 11) is -0.765. The Balaban J connectivity index is 2.42. The number of carbonyl (C=O) groups excluding carboxylic acids is 1. The van der Waals surface area contributed by atoms with E-state index in [1.165, 1.54) is 28.4 Å². The first-order valence-electron chi connectivity index (χ1n) is 6.54. The van der Waals surface area contributed by atoms with Gasteiger partial charge in [-0.2, -0.15) is 4.31 Å². The number of benzene rings is 1. The molecule has 2 N–H and O–H groups in total. The molecule has 1 aliphatic heterocycles. The lowest BCUT2D eigenvalue weighted by Gasteiger charge is -2.21. The van der Waals surface area contributed by atoms with E-state index in [0.29, 0.717) is 18.7 Å². The molecule has 0 atom stereocenters. The Hall–Kier alpha value is -1.80. The predicted octanol–water partition coefficient (Wildman–Crippen LogP) is 0.130. The summed E-state index contributed by atoms with van der Waals surface area (Å²) in [6.45, 7) is 0.659. The van der Waals surface area contributed by atoms with Gasteiger partial charge in [0.2, 0.25) is 15.9 Å². The van der Waals surface area contributed by atoms with Crippen LogP contribution < -0.4 is 10.5 Å². The summed E-state index contributed by atoms with van der Waals surface area (Å²) in [4.78, 5) is 13.4. The number of nitrogen functional groups attached to an aromatic ring is 1. The average Bonchev–Trinajstić information content (AvgIpc) is 2.61. The Morgan fingerprint density at radius 3 is 2.67 bits per heavy atom. The Morgan fingerprint density at radius 1 is 1.29 bits per heavy atom. The maximum absolute atomic E-state index is 12.7. The maximum atomic E-state index is 12.7. The van der Waals surface area contributed by atoms with Gasteiger partial charge >= 0.3 is 0 Å². The van der Waals surface area contributed by atoms with Gasteiger partial charge in [0.05, 0.1) is 13.7 Å². The molecule has 1 aliphatic rings. The fraction of sp³-hybridized carbons (Fsp3) is 0.462. The SMILES string of the molecule is COc1ccc(N)cc1S(=O)(=O)N1CCCN(C)C(=O)C1. The van der Waals surface area contributed by atoms with E-state index in [4.69, 9.17) is 10.5 Å². The lowest BCUT2D eigenvalue weighted by atomic mass is 10.3. The van der Waals surface area contributed by atoms with Gasteiger partial charge in [-0.25, -0.2) is 8.42 Å². The summed E-state index contributed by atoms with van der Waals surface area (Å²) < 4.78 is 31.8. The number of methoxy groups -OCH3 is 1. The van der Waals surface area contributed by atoms with Gasteiger partial charge in [-0.15, -0.1) is 0 Å². The van der Waals surface area contributed by atoms with E-state index in [1.54, 1.807) is 13.1 Å². The molecule has 0 aromatic heterocycles. The first kappa shape index (κ1) is 15.6. The molecule has 1 amide bonds. The number of hydrogen-bond acceptors (Lipinski definition) is 5. The number of anilines is 1. The molecule has 8 heteroatoms. The second kappa shape index (κ2) is 5.90. The first-order chi connectivity index (χ1) is 9.86. The van der Waals surface area contributed by atoms with Gasteiger partial charge in [-0.05, 0) is 24.6 Å². The normalized spacial score (nSPS) is 17.6. The quantitative estimate of drug-likeness (QED) is 0.801. The van der Waals surface area contributed by atoms with E-state index in [2.05, 4.69) is 0 Å². The number of carbonyl (C=O) groups is 1. The van der Waals surface area contributed by atoms with Gasteiger partial charge in [-0.1, -0.05) is 0 Å². The number of nitrogens with zero attached hydrogens (tertiary/aromatic N) is 2. The van der Waals surface area contributed by atoms with Crippen LogP contribution in [0.1, 0.15) is 6.42 Å². The van der Waals surface area contributed by atoms with Crippen molar-refractivity contribution in [2.75, 3.05) is 39.5 Å². The molecule has 116 valence electrons. The Bertz CT molecular complexity index is 645. The number of likely N-dealkylation sites (N-methyl/N-ethyl adjacent to an activating group) is 1. The fourth-order valence-corrected chi connectivity index (χ4v) is 3.82. The highest BCUT2D eigenvalue weighted by Crippen LogP contribution is 2.29. The number of rotatable bonds is 3. The third kappa shape index (κ3) is 3.11. The highest BCUT2D eigenvalue weighted by atomic mass is 32.2. The summed E-state index contributed by atoms with van der Waals surface area (Å²) in [5, 5.41) is 0. The first-order valence-corrected chi connectivity index (χ1v) is 7.98. The molecule has 1 heterocycles. The maximum Gasteiger partial charge on any atom is 0.247 e. The molecule has 2 rings (SSSR count). The van der Waals surface area contributed by atoms with Gasteiger partial charge in [0.15, 0.2) is 0 Å². The van der Waals surface area contributed by atoms with Crippen LogP contribution in [0.4, 0.5) is 5.69 Å². The fourth-order valence-electron chi connectivity index (χ4n) is 2.20. The summed E-state index contributed by atoms with van der Waals surface area (Å²) in [6.07, 6.45) is 0.589. The Kier molecular flexibility index (Phi) is 4.38. The zero-order valence-corrected chi connectivity index (χ0v) is 12.9. The largest absolute Gasteiger partial charge is 0.495 e. The molecule has 0 saturated carbocycles. The molecule has 1 aromatic carbocycles. The van der Waals surface area contributed by atoms with Crippen molar-refractivity contribution >= 4 is 21.6 Å². The molecule has 0 unspecified atom stereocenters. The minimum Gasteiger partial charge on any atom is -0.495 e. The zero-order valence-electron chi connectivity index (χ0n) is 12.1. The Labute approximate surface area is 124 Å². The summed E-state index contributed by atoms with van der Waals surface area (Å²) in [6, 6.07) is 4.43. The van der Waals surface area contributed by atoms with Crippen molar-refractivity contribution in [1.29, 1.82) is 0 Å². The third-order valence-electron chi connectivity index (χ3n) is 3.44. The number of nitrogens with two attached hydrogens (primary N) is 1. The van der Waals surface area contributed by atoms with Crippen LogP contribution >= 0.6 is 0 Å². The van der Waals surface area contributed by atoms with Gasteiger partial charge in [0.25, 0.3) is 0 Å². The minimum atomic E-state index is -3.83. The second-order valence-corrected chi connectivity index (χ2v) is 6.82. The van der Waals surface area contributed by atoms with Crippen molar-refractivity contribution in [1.82, 2.24) is 9.21 Å². The monoisotopic (exact) mass is 313 g/mol. The summed E-state index contributed by atoms with van der Waals surface area (Å²) >= 11 is 0. The Morgan fingerprint density at radius 2 is 2.00 bits per heavy atom. The van der Waals surface area contributed by atoms with E-state index < -0.39 is 10.0 Å². The molecule has 0 radical (unpaired) electrons. The van der Waals surface area contributed by atoms with Gasteiger partial charge in [-0.3, -0.25) is 4.79 Å². The molecule has 0 aliphatic carbocycles. The molecule has 0 bridgehead atoms. The van der Waals surface area contributed by atoms with Gasteiger partial charge in [0.1, 0.15) is 10.6 Å². The van der Waals surface area contributed by atoms with Gasteiger partial charge in [0, 0.05) is 25.8 Å². The van der Waals surface area contributed by atoms with Crippen LogP contribution in [0.3, 0.4) is 0 Å². The highest BCUT2D eigenvalue weighted by Gasteiger charge is 2.32. The van der Waals surface area contributed by atoms with Crippen molar-refractivity contribution in [3.05, 3.63) is 18.2 Å². The van der Waals surface area contributed by atoms with Gasteiger partial charge < -0.3 is 15.4 Å². The molecule has 1 aromatic rings. The lowest BCUT2D eigenvalue weighted by molar-refractivity contribution is -0.129. The number of hydrogen-bond donors (Lipinski definition) is 1. The van der Waals surface area contributed by atoms with Crippen LogP contribution in [0.25, 0.3) is 0 Å². The zero-order chi connectivity index (χ0) is 15.6. The van der Waals surface area contributed by atoms with E-state index in [1.807, 2.05) is 0 Å². The molecule has 1 fully saturated rings. The molecule has 7 nitrogen and oxygen atoms in total. The summed E-state index contributed by atoms with van der Waals surface area (Å²) in [5.74, 6) is -0.00630. The third-order valence-corrected chi connectivity index (χ3v) is 5.31. The van der Waals surface area contributed by atoms with Crippen LogP contribution in [0.5, 0.6) is 5.75 Å².